The van der Waals surface area contributed by atoms with Gasteiger partial charge in [0.15, 0.2) is 0 Å². The molecule has 8 nitrogen and oxygen atoms in total. The van der Waals surface area contributed by atoms with Crippen molar-refractivity contribution in [2.75, 3.05) is 31.9 Å². The molecule has 1 aromatic heterocycles. The number of benzene rings is 2. The van der Waals surface area contributed by atoms with Gasteiger partial charge in [0.1, 0.15) is 17.7 Å². The summed E-state index contributed by atoms with van der Waals surface area (Å²) in [5, 5.41) is 3.70. The Balaban J connectivity index is 1.29. The Hall–Kier alpha value is -3.52. The van der Waals surface area contributed by atoms with Crippen LogP contribution < -0.4 is 11.1 Å². The van der Waals surface area contributed by atoms with Gasteiger partial charge in [-0.25, -0.2) is 9.97 Å². The van der Waals surface area contributed by atoms with E-state index in [1.54, 1.807) is 11.8 Å². The van der Waals surface area contributed by atoms with E-state index in [9.17, 15) is 9.59 Å². The molecule has 1 saturated heterocycles. The van der Waals surface area contributed by atoms with Crippen molar-refractivity contribution in [3.63, 3.8) is 0 Å². The standard InChI is InChI=1S/C27H34N6O2/c1-18(29-25(34)19-9-11-20(12-10-19)27(2,3)4)26(35)33-15-13-32(14-16-33)17-23-30-22-8-6-5-7-21(22)24(28)31-23/h5-12,18H,13-17H2,1-4H3,(H,29,34)(H2,28,30,31)/t18-/m0/s1. The average molecular weight is 475 g/mol. The second kappa shape index (κ2) is 10.00. The molecule has 0 radical (unpaired) electrons. The summed E-state index contributed by atoms with van der Waals surface area (Å²) in [6, 6.07) is 14.7. The number of nitrogens with zero attached hydrogens (tertiary/aromatic N) is 4. The maximum Gasteiger partial charge on any atom is 0.251 e. The molecule has 2 aromatic carbocycles. The maximum absolute atomic E-state index is 13.0. The van der Waals surface area contributed by atoms with E-state index in [1.807, 2.05) is 48.5 Å². The Labute approximate surface area is 206 Å². The number of carbonyl (C=O) groups is 2. The van der Waals surface area contributed by atoms with E-state index in [0.717, 1.165) is 16.5 Å². The molecular formula is C27H34N6O2. The van der Waals surface area contributed by atoms with Crippen LogP contribution in [0.3, 0.4) is 0 Å². The third kappa shape index (κ3) is 5.77. The summed E-state index contributed by atoms with van der Waals surface area (Å²) in [6.45, 7) is 11.3. The van der Waals surface area contributed by atoms with Gasteiger partial charge in [-0.2, -0.15) is 0 Å². The van der Waals surface area contributed by atoms with Crippen LogP contribution in [0, 0.1) is 0 Å². The number of piperazine rings is 1. The second-order valence-corrected chi connectivity index (χ2v) is 10.2. The van der Waals surface area contributed by atoms with Crippen LogP contribution >= 0.6 is 0 Å². The molecule has 0 spiro atoms. The molecule has 1 aliphatic heterocycles. The van der Waals surface area contributed by atoms with E-state index in [0.29, 0.717) is 49.9 Å². The highest BCUT2D eigenvalue weighted by atomic mass is 16.2. The minimum Gasteiger partial charge on any atom is -0.383 e. The Morgan fingerprint density at radius 1 is 1.00 bits per heavy atom. The number of nitrogens with one attached hydrogen (secondary N) is 1. The molecule has 0 unspecified atom stereocenters. The summed E-state index contributed by atoms with van der Waals surface area (Å²) < 4.78 is 0. The monoisotopic (exact) mass is 474 g/mol. The van der Waals surface area contributed by atoms with Gasteiger partial charge in [-0.3, -0.25) is 14.5 Å². The topological polar surface area (TPSA) is 104 Å². The van der Waals surface area contributed by atoms with Crippen LogP contribution in [0.5, 0.6) is 0 Å². The van der Waals surface area contributed by atoms with Gasteiger partial charge in [0.2, 0.25) is 5.91 Å². The van der Waals surface area contributed by atoms with Crippen LogP contribution in [0.15, 0.2) is 48.5 Å². The predicted octanol–water partition coefficient (Wildman–Crippen LogP) is 2.97. The highest BCUT2D eigenvalue weighted by Gasteiger charge is 2.26. The first-order chi connectivity index (χ1) is 16.6. The summed E-state index contributed by atoms with van der Waals surface area (Å²) in [5.41, 5.74) is 8.68. The number of anilines is 1. The first-order valence-electron chi connectivity index (χ1n) is 12.1. The largest absolute Gasteiger partial charge is 0.383 e. The first kappa shape index (κ1) is 24.6. The third-order valence-corrected chi connectivity index (χ3v) is 6.46. The lowest BCUT2D eigenvalue weighted by Gasteiger charge is -2.35. The van der Waals surface area contributed by atoms with Crippen LogP contribution in [-0.4, -0.2) is 63.8 Å². The minimum atomic E-state index is -0.597. The maximum atomic E-state index is 13.0. The Morgan fingerprint density at radius 3 is 2.31 bits per heavy atom. The number of hydrogen-bond acceptors (Lipinski definition) is 6. The van der Waals surface area contributed by atoms with Gasteiger partial charge in [0.25, 0.3) is 5.91 Å². The number of rotatable bonds is 5. The van der Waals surface area contributed by atoms with Gasteiger partial charge in [0, 0.05) is 37.1 Å². The van der Waals surface area contributed by atoms with Crippen molar-refractivity contribution in [1.82, 2.24) is 25.1 Å². The van der Waals surface area contributed by atoms with Gasteiger partial charge in [0.05, 0.1) is 12.1 Å². The fraction of sp³-hybridized carbons (Fsp3) is 0.407. The number of aromatic nitrogens is 2. The lowest BCUT2D eigenvalue weighted by molar-refractivity contribution is -0.134. The molecule has 0 saturated carbocycles. The highest BCUT2D eigenvalue weighted by Crippen LogP contribution is 2.22. The molecule has 1 atom stereocenters. The lowest BCUT2D eigenvalue weighted by Crippen LogP contribution is -2.54. The lowest BCUT2D eigenvalue weighted by atomic mass is 9.86. The van der Waals surface area contributed by atoms with Crippen molar-refractivity contribution in [3.8, 4) is 0 Å². The van der Waals surface area contributed by atoms with E-state index < -0.39 is 6.04 Å². The number of nitrogen functional groups attached to an aromatic ring is 1. The number of carbonyl (C=O) groups excluding carboxylic acids is 2. The van der Waals surface area contributed by atoms with Gasteiger partial charge in [-0.15, -0.1) is 0 Å². The van der Waals surface area contributed by atoms with E-state index in [2.05, 4.69) is 41.0 Å². The third-order valence-electron chi connectivity index (χ3n) is 6.46. The Morgan fingerprint density at radius 2 is 1.66 bits per heavy atom. The average Bonchev–Trinajstić information content (AvgIpc) is 2.83. The number of hydrogen-bond donors (Lipinski definition) is 2. The molecule has 4 rings (SSSR count). The molecule has 2 amide bonds. The van der Waals surface area contributed by atoms with Crippen molar-refractivity contribution in [2.45, 2.75) is 45.7 Å². The first-order valence-corrected chi connectivity index (χ1v) is 12.1. The van der Waals surface area contributed by atoms with Crippen LogP contribution in [0.25, 0.3) is 10.9 Å². The quantitative estimate of drug-likeness (QED) is 0.589. The number of nitrogens with two attached hydrogens (primary N) is 1. The van der Waals surface area contributed by atoms with Crippen LogP contribution in [0.2, 0.25) is 0 Å². The van der Waals surface area contributed by atoms with Crippen molar-refractivity contribution < 1.29 is 9.59 Å². The molecule has 3 N–H and O–H groups in total. The SMILES string of the molecule is C[C@H](NC(=O)c1ccc(C(C)(C)C)cc1)C(=O)N1CCN(Cc2nc(N)c3ccccc3n2)CC1. The van der Waals surface area contributed by atoms with Gasteiger partial charge in [-0.05, 0) is 42.2 Å². The molecular weight excluding hydrogens is 440 g/mol. The highest BCUT2D eigenvalue weighted by molar-refractivity contribution is 5.97. The van der Waals surface area contributed by atoms with Crippen LogP contribution in [0.4, 0.5) is 5.82 Å². The summed E-state index contributed by atoms with van der Waals surface area (Å²) in [6.07, 6.45) is 0. The smallest absolute Gasteiger partial charge is 0.251 e. The molecule has 2 heterocycles. The summed E-state index contributed by atoms with van der Waals surface area (Å²) in [5.74, 6) is 0.850. The fourth-order valence-electron chi connectivity index (χ4n) is 4.29. The van der Waals surface area contributed by atoms with Crippen LogP contribution in [-0.2, 0) is 16.8 Å². The number of fused-ring (bicyclic) bond motifs is 1. The molecule has 184 valence electrons. The van der Waals surface area contributed by atoms with E-state index >= 15 is 0 Å². The molecule has 0 bridgehead atoms. The zero-order valence-electron chi connectivity index (χ0n) is 20.9. The zero-order valence-corrected chi connectivity index (χ0v) is 20.9. The molecule has 8 heteroatoms. The summed E-state index contributed by atoms with van der Waals surface area (Å²) >= 11 is 0. The van der Waals surface area contributed by atoms with Crippen molar-refractivity contribution in [2.24, 2.45) is 0 Å². The second-order valence-electron chi connectivity index (χ2n) is 10.2. The fourth-order valence-corrected chi connectivity index (χ4v) is 4.29. The van der Waals surface area contributed by atoms with Crippen LogP contribution in [0.1, 0.15) is 49.4 Å². The minimum absolute atomic E-state index is 0.0213. The van der Waals surface area contributed by atoms with Crippen molar-refractivity contribution in [3.05, 3.63) is 65.5 Å². The summed E-state index contributed by atoms with van der Waals surface area (Å²) in [4.78, 5) is 38.7. The molecule has 1 aliphatic rings. The molecule has 3 aromatic rings. The normalized spacial score (nSPS) is 15.7. The van der Waals surface area contributed by atoms with Gasteiger partial charge >= 0.3 is 0 Å². The Kier molecular flexibility index (Phi) is 7.03. The van der Waals surface area contributed by atoms with Gasteiger partial charge < -0.3 is 16.0 Å². The van der Waals surface area contributed by atoms with Crippen molar-refractivity contribution >= 4 is 28.5 Å². The molecule has 35 heavy (non-hydrogen) atoms. The van der Waals surface area contributed by atoms with E-state index in [1.165, 1.54) is 0 Å². The summed E-state index contributed by atoms with van der Waals surface area (Å²) in [7, 11) is 0. The van der Waals surface area contributed by atoms with Gasteiger partial charge in [-0.1, -0.05) is 45.0 Å². The predicted molar refractivity (Wildman–Crippen MR) is 138 cm³/mol. The zero-order chi connectivity index (χ0) is 25.2. The van der Waals surface area contributed by atoms with E-state index in [-0.39, 0.29) is 17.2 Å². The Bertz CT molecular complexity index is 1210. The van der Waals surface area contributed by atoms with Crippen molar-refractivity contribution in [1.29, 1.82) is 0 Å². The van der Waals surface area contributed by atoms with E-state index in [4.69, 9.17) is 5.73 Å². The number of para-hydroxylation sites is 1. The molecule has 1 fully saturated rings. The number of amides is 2. The molecule has 0 aliphatic carbocycles.